The number of halogens is 1. The van der Waals surface area contributed by atoms with Gasteiger partial charge in [-0.15, -0.1) is 0 Å². The molecule has 2 aromatic rings. The van der Waals surface area contributed by atoms with Gasteiger partial charge in [0.15, 0.2) is 6.61 Å². The van der Waals surface area contributed by atoms with E-state index in [1.807, 2.05) is 31.2 Å². The van der Waals surface area contributed by atoms with Gasteiger partial charge in [0.2, 0.25) is 0 Å². The van der Waals surface area contributed by atoms with Gasteiger partial charge in [0.1, 0.15) is 5.75 Å². The van der Waals surface area contributed by atoms with Gasteiger partial charge >= 0.3 is 0 Å². The highest BCUT2D eigenvalue weighted by Crippen LogP contribution is 2.22. The molecule has 0 heterocycles. The molecule has 5 heteroatoms. The van der Waals surface area contributed by atoms with Crippen LogP contribution in [0.4, 0.5) is 5.69 Å². The predicted molar refractivity (Wildman–Crippen MR) is 85.4 cm³/mol. The number of aliphatic hydroxyl groups excluding tert-OH is 1. The van der Waals surface area contributed by atoms with E-state index >= 15 is 0 Å². The van der Waals surface area contributed by atoms with E-state index in [9.17, 15) is 9.90 Å². The maximum absolute atomic E-state index is 11.8. The summed E-state index contributed by atoms with van der Waals surface area (Å²) >= 11 is 3.33. The summed E-state index contributed by atoms with van der Waals surface area (Å²) in [5.41, 5.74) is 2.54. The van der Waals surface area contributed by atoms with Crippen LogP contribution in [0.3, 0.4) is 0 Å². The van der Waals surface area contributed by atoms with Crippen molar-refractivity contribution in [3.63, 3.8) is 0 Å². The highest BCUT2D eigenvalue weighted by Gasteiger charge is 2.06. The van der Waals surface area contributed by atoms with E-state index < -0.39 is 0 Å². The Labute approximate surface area is 131 Å². The summed E-state index contributed by atoms with van der Waals surface area (Å²) in [7, 11) is 0. The van der Waals surface area contributed by atoms with Gasteiger partial charge in [-0.05, 0) is 48.4 Å². The minimum absolute atomic E-state index is 0.0829. The van der Waals surface area contributed by atoms with Gasteiger partial charge in [0.05, 0.1) is 6.61 Å². The van der Waals surface area contributed by atoms with E-state index in [4.69, 9.17) is 4.74 Å². The number of nitrogens with one attached hydrogen (secondary N) is 1. The number of aryl methyl sites for hydroxylation is 1. The van der Waals surface area contributed by atoms with Crippen molar-refractivity contribution in [1.82, 2.24) is 0 Å². The lowest BCUT2D eigenvalue weighted by molar-refractivity contribution is -0.118. The zero-order valence-electron chi connectivity index (χ0n) is 11.6. The molecule has 110 valence electrons. The first-order valence-corrected chi connectivity index (χ1v) is 7.26. The molecule has 2 rings (SSSR count). The summed E-state index contributed by atoms with van der Waals surface area (Å²) < 4.78 is 6.23. The molecule has 0 aliphatic heterocycles. The Morgan fingerprint density at radius 1 is 1.29 bits per heavy atom. The average Bonchev–Trinajstić information content (AvgIpc) is 2.46. The van der Waals surface area contributed by atoms with Gasteiger partial charge in [0, 0.05) is 10.2 Å². The fourth-order valence-corrected chi connectivity index (χ4v) is 2.20. The van der Waals surface area contributed by atoms with E-state index in [2.05, 4.69) is 21.2 Å². The molecule has 0 atom stereocenters. The minimum atomic E-state index is -0.228. The SMILES string of the molecule is Cc1cccc(NC(=O)COc2ccc(Br)c(CO)c2)c1. The van der Waals surface area contributed by atoms with E-state index in [-0.39, 0.29) is 19.1 Å². The van der Waals surface area contributed by atoms with Crippen molar-refractivity contribution in [2.75, 3.05) is 11.9 Å². The molecule has 2 N–H and O–H groups in total. The zero-order chi connectivity index (χ0) is 15.2. The second-order valence-corrected chi connectivity index (χ2v) is 5.47. The van der Waals surface area contributed by atoms with Crippen molar-refractivity contribution in [2.45, 2.75) is 13.5 Å². The van der Waals surface area contributed by atoms with Crippen LogP contribution in [-0.4, -0.2) is 17.6 Å². The molecule has 0 aliphatic carbocycles. The van der Waals surface area contributed by atoms with Gasteiger partial charge in [0.25, 0.3) is 5.91 Å². The number of anilines is 1. The van der Waals surface area contributed by atoms with Crippen LogP contribution in [0.2, 0.25) is 0 Å². The molecule has 21 heavy (non-hydrogen) atoms. The van der Waals surface area contributed by atoms with Crippen LogP contribution >= 0.6 is 15.9 Å². The summed E-state index contributed by atoms with van der Waals surface area (Å²) in [6.07, 6.45) is 0. The molecule has 0 bridgehead atoms. The van der Waals surface area contributed by atoms with E-state index in [0.717, 1.165) is 15.7 Å². The lowest BCUT2D eigenvalue weighted by atomic mass is 10.2. The first-order valence-electron chi connectivity index (χ1n) is 6.47. The Kier molecular flexibility index (Phi) is 5.36. The largest absolute Gasteiger partial charge is 0.484 e. The van der Waals surface area contributed by atoms with Crippen LogP contribution in [0.5, 0.6) is 5.75 Å². The summed E-state index contributed by atoms with van der Waals surface area (Å²) in [5, 5.41) is 11.9. The number of rotatable bonds is 5. The molecule has 0 unspecified atom stereocenters. The average molecular weight is 350 g/mol. The lowest BCUT2D eigenvalue weighted by Crippen LogP contribution is -2.20. The zero-order valence-corrected chi connectivity index (χ0v) is 13.2. The van der Waals surface area contributed by atoms with Gasteiger partial charge in [-0.1, -0.05) is 28.1 Å². The molecule has 2 aromatic carbocycles. The van der Waals surface area contributed by atoms with E-state index in [1.165, 1.54) is 0 Å². The van der Waals surface area contributed by atoms with Crippen molar-refractivity contribution in [3.8, 4) is 5.75 Å². The first kappa shape index (κ1) is 15.5. The van der Waals surface area contributed by atoms with E-state index in [0.29, 0.717) is 11.3 Å². The molecular formula is C16H16BrNO3. The van der Waals surface area contributed by atoms with Crippen LogP contribution in [0.1, 0.15) is 11.1 Å². The fourth-order valence-electron chi connectivity index (χ4n) is 1.83. The number of hydrogen-bond acceptors (Lipinski definition) is 3. The molecule has 0 saturated heterocycles. The molecule has 0 spiro atoms. The summed E-state index contributed by atoms with van der Waals surface area (Å²) in [4.78, 5) is 11.8. The Bertz CT molecular complexity index is 643. The van der Waals surface area contributed by atoms with Crippen molar-refractivity contribution >= 4 is 27.5 Å². The number of carbonyl (C=O) groups is 1. The van der Waals surface area contributed by atoms with Crippen molar-refractivity contribution in [2.24, 2.45) is 0 Å². The Balaban J connectivity index is 1.92. The quantitative estimate of drug-likeness (QED) is 0.870. The van der Waals surface area contributed by atoms with Gasteiger partial charge in [-0.3, -0.25) is 4.79 Å². The van der Waals surface area contributed by atoms with Crippen LogP contribution in [0.15, 0.2) is 46.9 Å². The highest BCUT2D eigenvalue weighted by atomic mass is 79.9. The topological polar surface area (TPSA) is 58.6 Å². The Morgan fingerprint density at radius 2 is 2.10 bits per heavy atom. The van der Waals surface area contributed by atoms with Gasteiger partial charge in [-0.2, -0.15) is 0 Å². The molecule has 0 aromatic heterocycles. The summed E-state index contributed by atoms with van der Waals surface area (Å²) in [6.45, 7) is 1.79. The number of ether oxygens (including phenoxy) is 1. The van der Waals surface area contributed by atoms with Crippen molar-refractivity contribution in [1.29, 1.82) is 0 Å². The minimum Gasteiger partial charge on any atom is -0.484 e. The predicted octanol–water partition coefficient (Wildman–Crippen LogP) is 3.27. The van der Waals surface area contributed by atoms with Gasteiger partial charge in [-0.25, -0.2) is 0 Å². The van der Waals surface area contributed by atoms with Crippen LogP contribution in [-0.2, 0) is 11.4 Å². The first-order chi connectivity index (χ1) is 10.1. The van der Waals surface area contributed by atoms with Crippen molar-refractivity contribution in [3.05, 3.63) is 58.1 Å². The Hall–Kier alpha value is -1.85. The molecule has 0 saturated carbocycles. The number of aliphatic hydroxyl groups is 1. The second kappa shape index (κ2) is 7.24. The monoisotopic (exact) mass is 349 g/mol. The smallest absolute Gasteiger partial charge is 0.262 e. The molecule has 4 nitrogen and oxygen atoms in total. The van der Waals surface area contributed by atoms with Crippen LogP contribution in [0, 0.1) is 6.92 Å². The highest BCUT2D eigenvalue weighted by molar-refractivity contribution is 9.10. The van der Waals surface area contributed by atoms with Crippen LogP contribution < -0.4 is 10.1 Å². The maximum atomic E-state index is 11.8. The Morgan fingerprint density at radius 3 is 2.81 bits per heavy atom. The molecule has 0 radical (unpaired) electrons. The summed E-state index contributed by atoms with van der Waals surface area (Å²) in [6, 6.07) is 12.8. The maximum Gasteiger partial charge on any atom is 0.262 e. The standard InChI is InChI=1S/C16H16BrNO3/c1-11-3-2-4-13(7-11)18-16(20)10-21-14-5-6-15(17)12(8-14)9-19/h2-8,19H,9-10H2,1H3,(H,18,20). The fraction of sp³-hybridized carbons (Fsp3) is 0.188. The number of amides is 1. The molecule has 0 fully saturated rings. The molecule has 0 aliphatic rings. The number of hydrogen-bond donors (Lipinski definition) is 2. The van der Waals surface area contributed by atoms with Crippen LogP contribution in [0.25, 0.3) is 0 Å². The lowest BCUT2D eigenvalue weighted by Gasteiger charge is -2.09. The molecular weight excluding hydrogens is 334 g/mol. The summed E-state index contributed by atoms with van der Waals surface area (Å²) in [5.74, 6) is 0.315. The molecule has 1 amide bonds. The third-order valence-corrected chi connectivity index (χ3v) is 3.63. The van der Waals surface area contributed by atoms with E-state index in [1.54, 1.807) is 18.2 Å². The van der Waals surface area contributed by atoms with Gasteiger partial charge < -0.3 is 15.2 Å². The number of benzene rings is 2. The third kappa shape index (κ3) is 4.58. The second-order valence-electron chi connectivity index (χ2n) is 4.62. The van der Waals surface area contributed by atoms with Crippen molar-refractivity contribution < 1.29 is 14.6 Å². The third-order valence-electron chi connectivity index (χ3n) is 2.86. The number of carbonyl (C=O) groups excluding carboxylic acids is 1. The normalized spacial score (nSPS) is 10.2.